The summed E-state index contributed by atoms with van der Waals surface area (Å²) in [6.07, 6.45) is 3.99. The van der Waals surface area contributed by atoms with Gasteiger partial charge in [-0.3, -0.25) is 4.90 Å². The molecule has 0 aromatic carbocycles. The van der Waals surface area contributed by atoms with Crippen LogP contribution in [-0.4, -0.2) is 48.8 Å². The zero-order valence-corrected chi connectivity index (χ0v) is 11.8. The number of likely N-dealkylation sites (tertiary alicyclic amines) is 1. The molecule has 0 spiro atoms. The summed E-state index contributed by atoms with van der Waals surface area (Å²) in [7, 11) is 0. The van der Waals surface area contributed by atoms with E-state index in [1.807, 2.05) is 0 Å². The molecule has 17 heavy (non-hydrogen) atoms. The number of piperidine rings is 1. The Labute approximate surface area is 107 Å². The van der Waals surface area contributed by atoms with Gasteiger partial charge in [-0.1, -0.05) is 27.2 Å². The summed E-state index contributed by atoms with van der Waals surface area (Å²) < 4.78 is 0. The van der Waals surface area contributed by atoms with Crippen LogP contribution in [0.2, 0.25) is 0 Å². The molecule has 0 saturated carbocycles. The number of aliphatic hydroxyl groups excluding tert-OH is 1. The molecule has 3 nitrogen and oxygen atoms in total. The Morgan fingerprint density at radius 2 is 2.06 bits per heavy atom. The fourth-order valence-electron chi connectivity index (χ4n) is 2.53. The van der Waals surface area contributed by atoms with Gasteiger partial charge in [0.05, 0.1) is 0 Å². The predicted molar refractivity (Wildman–Crippen MR) is 73.2 cm³/mol. The van der Waals surface area contributed by atoms with Gasteiger partial charge in [-0.2, -0.15) is 0 Å². The van der Waals surface area contributed by atoms with Crippen LogP contribution in [0.3, 0.4) is 0 Å². The van der Waals surface area contributed by atoms with Gasteiger partial charge in [-0.25, -0.2) is 0 Å². The van der Waals surface area contributed by atoms with Gasteiger partial charge in [0.2, 0.25) is 0 Å². The quantitative estimate of drug-likeness (QED) is 0.713. The summed E-state index contributed by atoms with van der Waals surface area (Å²) in [6, 6.07) is 0.677. The molecule has 1 heterocycles. The van der Waals surface area contributed by atoms with Crippen molar-refractivity contribution in [3.63, 3.8) is 0 Å². The zero-order valence-electron chi connectivity index (χ0n) is 11.8. The van der Waals surface area contributed by atoms with E-state index in [1.165, 1.54) is 25.8 Å². The summed E-state index contributed by atoms with van der Waals surface area (Å²) in [4.78, 5) is 2.57. The summed E-state index contributed by atoms with van der Waals surface area (Å²) >= 11 is 0. The molecule has 1 aliphatic rings. The molecule has 0 aliphatic carbocycles. The summed E-state index contributed by atoms with van der Waals surface area (Å²) in [6.45, 7) is 11.4. The smallest absolute Gasteiger partial charge is 0.0468 e. The van der Waals surface area contributed by atoms with E-state index < -0.39 is 0 Å². The Bertz CT molecular complexity index is 197. The van der Waals surface area contributed by atoms with Crippen LogP contribution < -0.4 is 5.32 Å². The molecule has 102 valence electrons. The van der Waals surface area contributed by atoms with Crippen molar-refractivity contribution in [1.82, 2.24) is 10.2 Å². The maximum Gasteiger partial charge on any atom is 0.0468 e. The monoisotopic (exact) mass is 242 g/mol. The third-order valence-corrected chi connectivity index (χ3v) is 3.54. The highest BCUT2D eigenvalue weighted by molar-refractivity contribution is 4.80. The van der Waals surface area contributed by atoms with Crippen molar-refractivity contribution in [2.75, 3.05) is 32.8 Å². The molecular weight excluding hydrogens is 212 g/mol. The number of nitrogens with one attached hydrogen (secondary N) is 1. The van der Waals surface area contributed by atoms with E-state index >= 15 is 0 Å². The summed E-state index contributed by atoms with van der Waals surface area (Å²) in [5.74, 6) is 1.13. The van der Waals surface area contributed by atoms with Crippen molar-refractivity contribution >= 4 is 0 Å². The van der Waals surface area contributed by atoms with Gasteiger partial charge in [0.1, 0.15) is 0 Å². The zero-order chi connectivity index (χ0) is 12.7. The van der Waals surface area contributed by atoms with E-state index in [0.717, 1.165) is 25.6 Å². The molecule has 2 unspecified atom stereocenters. The van der Waals surface area contributed by atoms with Gasteiger partial charge in [0, 0.05) is 25.7 Å². The molecule has 0 bridgehead atoms. The van der Waals surface area contributed by atoms with E-state index in [9.17, 15) is 0 Å². The molecule has 1 aliphatic heterocycles. The van der Waals surface area contributed by atoms with E-state index in [0.29, 0.717) is 18.6 Å². The first kappa shape index (κ1) is 14.9. The van der Waals surface area contributed by atoms with Crippen molar-refractivity contribution in [3.05, 3.63) is 0 Å². The van der Waals surface area contributed by atoms with Gasteiger partial charge in [0.25, 0.3) is 0 Å². The van der Waals surface area contributed by atoms with Gasteiger partial charge < -0.3 is 10.4 Å². The summed E-state index contributed by atoms with van der Waals surface area (Å²) in [5.41, 5.74) is 0. The molecule has 1 saturated heterocycles. The first-order chi connectivity index (χ1) is 8.13. The molecule has 0 radical (unpaired) electrons. The van der Waals surface area contributed by atoms with Crippen LogP contribution in [0.25, 0.3) is 0 Å². The highest BCUT2D eigenvalue weighted by Crippen LogP contribution is 2.17. The van der Waals surface area contributed by atoms with Crippen LogP contribution in [0.5, 0.6) is 0 Å². The fourth-order valence-corrected chi connectivity index (χ4v) is 2.53. The number of nitrogens with zero attached hydrogens (tertiary/aromatic N) is 1. The Morgan fingerprint density at radius 1 is 1.29 bits per heavy atom. The SMILES string of the molecule is CC(C)CNCC1CCCCN1CC(C)CO. The maximum atomic E-state index is 9.16. The fraction of sp³-hybridized carbons (Fsp3) is 1.00. The number of hydrogen-bond acceptors (Lipinski definition) is 3. The maximum absolute atomic E-state index is 9.16. The average molecular weight is 242 g/mol. The van der Waals surface area contributed by atoms with Gasteiger partial charge in [-0.15, -0.1) is 0 Å². The third kappa shape index (κ3) is 5.84. The van der Waals surface area contributed by atoms with Gasteiger partial charge in [0.15, 0.2) is 0 Å². The Hall–Kier alpha value is -0.120. The predicted octanol–water partition coefficient (Wildman–Crippen LogP) is 1.71. The van der Waals surface area contributed by atoms with Crippen molar-refractivity contribution in [2.45, 2.75) is 46.1 Å². The van der Waals surface area contributed by atoms with Gasteiger partial charge in [-0.05, 0) is 37.8 Å². The molecule has 0 amide bonds. The molecule has 3 heteroatoms. The lowest BCUT2D eigenvalue weighted by molar-refractivity contribution is 0.105. The average Bonchev–Trinajstić information content (AvgIpc) is 2.30. The highest BCUT2D eigenvalue weighted by atomic mass is 16.3. The second-order valence-electron chi connectivity index (χ2n) is 5.98. The highest BCUT2D eigenvalue weighted by Gasteiger charge is 2.23. The lowest BCUT2D eigenvalue weighted by atomic mass is 10.00. The van der Waals surface area contributed by atoms with Crippen LogP contribution >= 0.6 is 0 Å². The lowest BCUT2D eigenvalue weighted by Gasteiger charge is -2.37. The van der Waals surface area contributed by atoms with E-state index in [1.54, 1.807) is 0 Å². The Balaban J connectivity index is 2.31. The first-order valence-electron chi connectivity index (χ1n) is 7.19. The second-order valence-corrected chi connectivity index (χ2v) is 5.98. The van der Waals surface area contributed by atoms with Crippen molar-refractivity contribution < 1.29 is 5.11 Å². The number of hydrogen-bond donors (Lipinski definition) is 2. The van der Waals surface area contributed by atoms with Crippen LogP contribution in [0, 0.1) is 11.8 Å². The van der Waals surface area contributed by atoms with Crippen LogP contribution in [-0.2, 0) is 0 Å². The van der Waals surface area contributed by atoms with E-state index in [4.69, 9.17) is 5.11 Å². The number of aliphatic hydroxyl groups is 1. The minimum Gasteiger partial charge on any atom is -0.396 e. The molecule has 1 rings (SSSR count). The molecule has 0 aromatic rings. The molecule has 2 atom stereocenters. The van der Waals surface area contributed by atoms with E-state index in [2.05, 4.69) is 31.0 Å². The number of rotatable bonds is 7. The standard InChI is InChI=1S/C14H30N2O/c1-12(2)8-15-9-14-6-4-5-7-16(14)10-13(3)11-17/h12-15,17H,4-11H2,1-3H3. The molecule has 2 N–H and O–H groups in total. The third-order valence-electron chi connectivity index (χ3n) is 3.54. The van der Waals surface area contributed by atoms with E-state index in [-0.39, 0.29) is 0 Å². The topological polar surface area (TPSA) is 35.5 Å². The molecule has 1 fully saturated rings. The minimum absolute atomic E-state index is 0.308. The van der Waals surface area contributed by atoms with Gasteiger partial charge >= 0.3 is 0 Å². The van der Waals surface area contributed by atoms with Crippen LogP contribution in [0.4, 0.5) is 0 Å². The second kappa shape index (κ2) is 8.06. The van der Waals surface area contributed by atoms with Crippen molar-refractivity contribution in [1.29, 1.82) is 0 Å². The largest absolute Gasteiger partial charge is 0.396 e. The summed E-state index contributed by atoms with van der Waals surface area (Å²) in [5, 5.41) is 12.7. The van der Waals surface area contributed by atoms with Crippen molar-refractivity contribution in [2.24, 2.45) is 11.8 Å². The van der Waals surface area contributed by atoms with Crippen LogP contribution in [0.1, 0.15) is 40.0 Å². The normalized spacial score (nSPS) is 24.2. The first-order valence-corrected chi connectivity index (χ1v) is 7.19. The minimum atomic E-state index is 0.308. The molecular formula is C14H30N2O. The lowest BCUT2D eigenvalue weighted by Crippen LogP contribution is -2.47. The Kier molecular flexibility index (Phi) is 7.09. The Morgan fingerprint density at radius 3 is 2.71 bits per heavy atom. The molecule has 0 aromatic heterocycles. The van der Waals surface area contributed by atoms with Crippen LogP contribution in [0.15, 0.2) is 0 Å². The van der Waals surface area contributed by atoms with Crippen molar-refractivity contribution in [3.8, 4) is 0 Å².